The highest BCUT2D eigenvalue weighted by atomic mass is 16.3. The van der Waals surface area contributed by atoms with Gasteiger partial charge in [-0.2, -0.15) is 0 Å². The smallest absolute Gasteiger partial charge is 0.289 e. The third-order valence-electron chi connectivity index (χ3n) is 5.34. The lowest BCUT2D eigenvalue weighted by atomic mass is 9.90. The lowest BCUT2D eigenvalue weighted by molar-refractivity contribution is -0.133. The molecular formula is C24H24N2O3. The van der Waals surface area contributed by atoms with E-state index < -0.39 is 0 Å². The molecule has 1 aromatic heterocycles. The van der Waals surface area contributed by atoms with Gasteiger partial charge in [0.2, 0.25) is 5.91 Å². The maximum atomic E-state index is 13.5. The second-order valence-electron chi connectivity index (χ2n) is 7.28. The summed E-state index contributed by atoms with van der Waals surface area (Å²) in [5.41, 5.74) is 1.96. The van der Waals surface area contributed by atoms with E-state index in [1.807, 2.05) is 72.5 Å². The average molecular weight is 388 g/mol. The predicted octanol–water partition coefficient (Wildman–Crippen LogP) is 3.70. The Hall–Kier alpha value is -3.34. The lowest BCUT2D eigenvalue weighted by Gasteiger charge is -2.36. The molecule has 1 aliphatic rings. The quantitative estimate of drug-likeness (QED) is 0.685. The fraction of sp³-hybridized carbons (Fsp3) is 0.250. The standard InChI is InChI=1S/C24H24N2O3/c1-18-12-13-21(29-18)23(27)25-14-16-26(17-15-25)24(28)22(19-8-4-2-5-9-19)20-10-6-3-7-11-20/h2-13,22H,14-17H2,1H3. The summed E-state index contributed by atoms with van der Waals surface area (Å²) in [6.07, 6.45) is 0. The van der Waals surface area contributed by atoms with Crippen LogP contribution in [-0.2, 0) is 4.79 Å². The van der Waals surface area contributed by atoms with Gasteiger partial charge in [0.15, 0.2) is 5.76 Å². The lowest BCUT2D eigenvalue weighted by Crippen LogP contribution is -2.51. The molecule has 0 unspecified atom stereocenters. The number of carbonyl (C=O) groups excluding carboxylic acids is 2. The first-order valence-electron chi connectivity index (χ1n) is 9.88. The maximum absolute atomic E-state index is 13.5. The molecule has 1 aliphatic heterocycles. The summed E-state index contributed by atoms with van der Waals surface area (Å²) < 4.78 is 5.45. The molecule has 3 aromatic rings. The van der Waals surface area contributed by atoms with E-state index in [1.165, 1.54) is 0 Å². The molecule has 1 saturated heterocycles. The second-order valence-corrected chi connectivity index (χ2v) is 7.28. The molecule has 5 heteroatoms. The number of hydrogen-bond acceptors (Lipinski definition) is 3. The van der Waals surface area contributed by atoms with Crippen molar-refractivity contribution >= 4 is 11.8 Å². The van der Waals surface area contributed by atoms with E-state index in [4.69, 9.17) is 4.42 Å². The molecule has 0 aliphatic carbocycles. The van der Waals surface area contributed by atoms with Gasteiger partial charge in [0.1, 0.15) is 5.76 Å². The van der Waals surface area contributed by atoms with Crippen LogP contribution in [0.15, 0.2) is 77.2 Å². The maximum Gasteiger partial charge on any atom is 0.289 e. The van der Waals surface area contributed by atoms with E-state index in [0.717, 1.165) is 16.9 Å². The van der Waals surface area contributed by atoms with Gasteiger partial charge in [0.05, 0.1) is 5.92 Å². The summed E-state index contributed by atoms with van der Waals surface area (Å²) >= 11 is 0. The van der Waals surface area contributed by atoms with Gasteiger partial charge < -0.3 is 14.2 Å². The normalized spacial score (nSPS) is 14.3. The minimum Gasteiger partial charge on any atom is -0.456 e. The Morgan fingerprint density at radius 1 is 0.759 bits per heavy atom. The van der Waals surface area contributed by atoms with E-state index in [9.17, 15) is 9.59 Å². The largest absolute Gasteiger partial charge is 0.456 e. The molecule has 2 aromatic carbocycles. The zero-order chi connectivity index (χ0) is 20.2. The highest BCUT2D eigenvalue weighted by molar-refractivity contribution is 5.92. The van der Waals surface area contributed by atoms with Gasteiger partial charge in [-0.15, -0.1) is 0 Å². The van der Waals surface area contributed by atoms with Crippen LogP contribution in [0.5, 0.6) is 0 Å². The number of hydrogen-bond donors (Lipinski definition) is 0. The zero-order valence-corrected chi connectivity index (χ0v) is 16.5. The number of aryl methyl sites for hydroxylation is 1. The molecule has 5 nitrogen and oxygen atoms in total. The van der Waals surface area contributed by atoms with Crippen molar-refractivity contribution in [2.45, 2.75) is 12.8 Å². The van der Waals surface area contributed by atoms with Crippen molar-refractivity contribution in [1.29, 1.82) is 0 Å². The van der Waals surface area contributed by atoms with Crippen LogP contribution in [0.4, 0.5) is 0 Å². The first-order valence-corrected chi connectivity index (χ1v) is 9.88. The second kappa shape index (κ2) is 8.35. The van der Waals surface area contributed by atoms with Gasteiger partial charge in [-0.25, -0.2) is 0 Å². The monoisotopic (exact) mass is 388 g/mol. The molecule has 0 bridgehead atoms. The summed E-state index contributed by atoms with van der Waals surface area (Å²) in [5.74, 6) is 0.688. The fourth-order valence-corrected chi connectivity index (χ4v) is 3.79. The summed E-state index contributed by atoms with van der Waals surface area (Å²) in [6.45, 7) is 3.85. The minimum atomic E-state index is -0.340. The molecule has 0 atom stereocenters. The Labute approximate surface area is 170 Å². The van der Waals surface area contributed by atoms with Gasteiger partial charge in [-0.05, 0) is 30.2 Å². The van der Waals surface area contributed by atoms with Gasteiger partial charge in [-0.1, -0.05) is 60.7 Å². The van der Waals surface area contributed by atoms with Crippen molar-refractivity contribution in [1.82, 2.24) is 9.80 Å². The highest BCUT2D eigenvalue weighted by Crippen LogP contribution is 2.27. The average Bonchev–Trinajstić information content (AvgIpc) is 3.21. The molecule has 2 amide bonds. The van der Waals surface area contributed by atoms with E-state index in [2.05, 4.69) is 0 Å². The van der Waals surface area contributed by atoms with Crippen LogP contribution in [0.3, 0.4) is 0 Å². The molecule has 1 fully saturated rings. The van der Waals surface area contributed by atoms with E-state index in [-0.39, 0.29) is 17.7 Å². The SMILES string of the molecule is Cc1ccc(C(=O)N2CCN(C(=O)C(c3ccccc3)c3ccccc3)CC2)o1. The van der Waals surface area contributed by atoms with Crippen LogP contribution in [0.1, 0.15) is 33.4 Å². The predicted molar refractivity (Wildman–Crippen MR) is 111 cm³/mol. The van der Waals surface area contributed by atoms with Crippen molar-refractivity contribution < 1.29 is 14.0 Å². The Bertz CT molecular complexity index is 934. The fourth-order valence-electron chi connectivity index (χ4n) is 3.79. The molecule has 29 heavy (non-hydrogen) atoms. The van der Waals surface area contributed by atoms with Crippen LogP contribution >= 0.6 is 0 Å². The Balaban J connectivity index is 1.49. The highest BCUT2D eigenvalue weighted by Gasteiger charge is 2.31. The molecule has 0 radical (unpaired) electrons. The number of piperazine rings is 1. The third kappa shape index (κ3) is 4.09. The summed E-state index contributed by atoms with van der Waals surface area (Å²) in [7, 11) is 0. The van der Waals surface area contributed by atoms with E-state index >= 15 is 0 Å². The summed E-state index contributed by atoms with van der Waals surface area (Å²) in [4.78, 5) is 29.7. The number of carbonyl (C=O) groups is 2. The molecule has 2 heterocycles. The van der Waals surface area contributed by atoms with Crippen molar-refractivity contribution in [2.75, 3.05) is 26.2 Å². The van der Waals surface area contributed by atoms with Crippen LogP contribution in [-0.4, -0.2) is 47.8 Å². The molecule has 148 valence electrons. The van der Waals surface area contributed by atoms with Crippen molar-refractivity contribution in [2.24, 2.45) is 0 Å². The van der Waals surface area contributed by atoms with Crippen LogP contribution in [0.2, 0.25) is 0 Å². The first-order chi connectivity index (χ1) is 14.1. The molecule has 0 spiro atoms. The minimum absolute atomic E-state index is 0.0725. The molecule has 0 N–H and O–H groups in total. The van der Waals surface area contributed by atoms with Crippen molar-refractivity contribution in [3.05, 3.63) is 95.4 Å². The Morgan fingerprint density at radius 3 is 1.76 bits per heavy atom. The number of amides is 2. The van der Waals surface area contributed by atoms with E-state index in [0.29, 0.717) is 31.9 Å². The summed E-state index contributed by atoms with van der Waals surface area (Å²) in [5, 5.41) is 0. The number of benzene rings is 2. The van der Waals surface area contributed by atoms with E-state index in [1.54, 1.807) is 17.0 Å². The van der Waals surface area contributed by atoms with Gasteiger partial charge >= 0.3 is 0 Å². The number of furan rings is 1. The first kappa shape index (κ1) is 19.0. The third-order valence-corrected chi connectivity index (χ3v) is 5.34. The van der Waals surface area contributed by atoms with Gasteiger partial charge in [0.25, 0.3) is 5.91 Å². The zero-order valence-electron chi connectivity index (χ0n) is 16.5. The summed E-state index contributed by atoms with van der Waals surface area (Å²) in [6, 6.07) is 23.2. The van der Waals surface area contributed by atoms with Crippen molar-refractivity contribution in [3.63, 3.8) is 0 Å². The van der Waals surface area contributed by atoms with Gasteiger partial charge in [-0.3, -0.25) is 9.59 Å². The Morgan fingerprint density at radius 2 is 1.28 bits per heavy atom. The van der Waals surface area contributed by atoms with Crippen LogP contribution in [0, 0.1) is 6.92 Å². The Kier molecular flexibility index (Phi) is 5.47. The van der Waals surface area contributed by atoms with Crippen LogP contribution < -0.4 is 0 Å². The molecular weight excluding hydrogens is 364 g/mol. The topological polar surface area (TPSA) is 53.8 Å². The van der Waals surface area contributed by atoms with Gasteiger partial charge in [0, 0.05) is 26.2 Å². The molecule has 0 saturated carbocycles. The van der Waals surface area contributed by atoms with Crippen molar-refractivity contribution in [3.8, 4) is 0 Å². The number of rotatable bonds is 4. The van der Waals surface area contributed by atoms with Crippen LogP contribution in [0.25, 0.3) is 0 Å². The number of nitrogens with zero attached hydrogens (tertiary/aromatic N) is 2. The molecule has 4 rings (SSSR count).